The summed E-state index contributed by atoms with van der Waals surface area (Å²) in [5.74, 6) is 0.201. The van der Waals surface area contributed by atoms with Gasteiger partial charge in [-0.2, -0.15) is 0 Å². The number of amides is 2. The highest BCUT2D eigenvalue weighted by Gasteiger charge is 2.30. The molecule has 6 heteroatoms. The van der Waals surface area contributed by atoms with Gasteiger partial charge in [0.15, 0.2) is 0 Å². The number of likely N-dealkylation sites (tertiary alicyclic amines) is 1. The summed E-state index contributed by atoms with van der Waals surface area (Å²) in [5, 5.41) is 6.16. The summed E-state index contributed by atoms with van der Waals surface area (Å²) < 4.78 is 0. The van der Waals surface area contributed by atoms with Crippen LogP contribution in [-0.2, 0) is 11.2 Å². The number of pyridine rings is 1. The van der Waals surface area contributed by atoms with Crippen LogP contribution in [0, 0.1) is 5.92 Å². The zero-order chi connectivity index (χ0) is 19.8. The molecule has 1 aliphatic rings. The first-order chi connectivity index (χ1) is 13.7. The Labute approximate surface area is 166 Å². The second kappa shape index (κ2) is 9.99. The summed E-state index contributed by atoms with van der Waals surface area (Å²) in [7, 11) is 1.94. The largest absolute Gasteiger partial charge is 0.341 e. The van der Waals surface area contributed by atoms with Gasteiger partial charge < -0.3 is 15.5 Å². The maximum absolute atomic E-state index is 13.3. The molecule has 3 rings (SSSR count). The van der Waals surface area contributed by atoms with Gasteiger partial charge in [-0.05, 0) is 56.1 Å². The van der Waals surface area contributed by atoms with Crippen LogP contribution in [0.25, 0.3) is 0 Å². The molecule has 28 heavy (non-hydrogen) atoms. The number of rotatable bonds is 7. The van der Waals surface area contributed by atoms with Crippen molar-refractivity contribution in [3.8, 4) is 0 Å². The lowest BCUT2D eigenvalue weighted by Crippen LogP contribution is -2.53. The van der Waals surface area contributed by atoms with Crippen LogP contribution < -0.4 is 10.6 Å². The number of hydrogen-bond donors (Lipinski definition) is 2. The molecule has 0 aliphatic carbocycles. The second-order valence-corrected chi connectivity index (χ2v) is 7.31. The van der Waals surface area contributed by atoms with Crippen molar-refractivity contribution in [2.75, 3.05) is 26.7 Å². The lowest BCUT2D eigenvalue weighted by molar-refractivity contribution is -0.135. The van der Waals surface area contributed by atoms with Gasteiger partial charge in [0.2, 0.25) is 5.91 Å². The lowest BCUT2D eigenvalue weighted by Gasteiger charge is -2.35. The Morgan fingerprint density at radius 1 is 1.21 bits per heavy atom. The molecular weight excluding hydrogens is 352 g/mol. The molecule has 1 aromatic carbocycles. The summed E-state index contributed by atoms with van der Waals surface area (Å²) in [6.07, 6.45) is 5.99. The molecule has 6 nitrogen and oxygen atoms in total. The zero-order valence-electron chi connectivity index (χ0n) is 16.3. The average molecular weight is 380 g/mol. The van der Waals surface area contributed by atoms with Gasteiger partial charge >= 0.3 is 0 Å². The van der Waals surface area contributed by atoms with E-state index in [1.807, 2.05) is 42.3 Å². The van der Waals surface area contributed by atoms with Crippen molar-refractivity contribution in [1.29, 1.82) is 0 Å². The van der Waals surface area contributed by atoms with E-state index in [0.717, 1.165) is 38.0 Å². The van der Waals surface area contributed by atoms with Gasteiger partial charge in [-0.3, -0.25) is 14.6 Å². The van der Waals surface area contributed by atoms with Crippen LogP contribution in [0.2, 0.25) is 0 Å². The van der Waals surface area contributed by atoms with E-state index in [0.29, 0.717) is 17.9 Å². The third-order valence-electron chi connectivity index (χ3n) is 5.13. The van der Waals surface area contributed by atoms with E-state index < -0.39 is 6.04 Å². The van der Waals surface area contributed by atoms with Crippen LogP contribution in [0.4, 0.5) is 0 Å². The van der Waals surface area contributed by atoms with Crippen molar-refractivity contribution in [3.63, 3.8) is 0 Å². The quantitative estimate of drug-likeness (QED) is 0.769. The average Bonchev–Trinajstić information content (AvgIpc) is 2.74. The van der Waals surface area contributed by atoms with Crippen LogP contribution in [-0.4, -0.2) is 54.4 Å². The van der Waals surface area contributed by atoms with Gasteiger partial charge in [0.05, 0.1) is 0 Å². The van der Waals surface area contributed by atoms with Crippen molar-refractivity contribution < 1.29 is 9.59 Å². The van der Waals surface area contributed by atoms with Gasteiger partial charge in [0, 0.05) is 37.5 Å². The number of benzene rings is 1. The van der Waals surface area contributed by atoms with Crippen molar-refractivity contribution in [1.82, 2.24) is 20.5 Å². The van der Waals surface area contributed by atoms with Gasteiger partial charge in [0.1, 0.15) is 6.04 Å². The van der Waals surface area contributed by atoms with Crippen molar-refractivity contribution in [2.45, 2.75) is 25.3 Å². The van der Waals surface area contributed by atoms with Gasteiger partial charge in [-0.25, -0.2) is 0 Å². The number of nitrogens with one attached hydrogen (secondary N) is 2. The molecule has 0 radical (unpaired) electrons. The van der Waals surface area contributed by atoms with Crippen molar-refractivity contribution in [3.05, 3.63) is 66.0 Å². The summed E-state index contributed by atoms with van der Waals surface area (Å²) >= 11 is 0. The summed E-state index contributed by atoms with van der Waals surface area (Å²) in [6.45, 7) is 2.36. The zero-order valence-corrected chi connectivity index (χ0v) is 16.3. The molecule has 1 aliphatic heterocycles. The minimum absolute atomic E-state index is 0.0195. The Morgan fingerprint density at radius 3 is 2.75 bits per heavy atom. The molecule has 0 spiro atoms. The van der Waals surface area contributed by atoms with E-state index in [1.165, 1.54) is 0 Å². The highest BCUT2D eigenvalue weighted by molar-refractivity contribution is 5.97. The molecular formula is C22H28N4O2. The summed E-state index contributed by atoms with van der Waals surface area (Å²) in [6, 6.07) is 12.2. The third-order valence-corrected chi connectivity index (χ3v) is 5.13. The Balaban J connectivity index is 1.75. The van der Waals surface area contributed by atoms with Crippen molar-refractivity contribution >= 4 is 11.8 Å². The van der Waals surface area contributed by atoms with Gasteiger partial charge in [0.25, 0.3) is 5.91 Å². The molecule has 2 unspecified atom stereocenters. The molecule has 0 bridgehead atoms. The summed E-state index contributed by atoms with van der Waals surface area (Å²) in [4.78, 5) is 32.0. The number of piperidine rings is 1. The first-order valence-electron chi connectivity index (χ1n) is 9.85. The predicted molar refractivity (Wildman–Crippen MR) is 109 cm³/mol. The fourth-order valence-corrected chi connectivity index (χ4v) is 3.73. The first-order valence-corrected chi connectivity index (χ1v) is 9.85. The molecule has 2 amide bonds. The van der Waals surface area contributed by atoms with E-state index in [1.54, 1.807) is 24.5 Å². The molecule has 148 valence electrons. The lowest BCUT2D eigenvalue weighted by atomic mass is 9.96. The maximum atomic E-state index is 13.3. The number of carbonyl (C=O) groups excluding carboxylic acids is 2. The third kappa shape index (κ3) is 5.39. The van der Waals surface area contributed by atoms with E-state index in [-0.39, 0.29) is 11.8 Å². The summed E-state index contributed by atoms with van der Waals surface area (Å²) in [5.41, 5.74) is 1.48. The Hall–Kier alpha value is -2.73. The number of aromatic nitrogens is 1. The maximum Gasteiger partial charge on any atom is 0.251 e. The van der Waals surface area contributed by atoms with Gasteiger partial charge in [-0.1, -0.05) is 24.3 Å². The Bertz CT molecular complexity index is 765. The first kappa shape index (κ1) is 20.0. The second-order valence-electron chi connectivity index (χ2n) is 7.31. The van der Waals surface area contributed by atoms with E-state index in [2.05, 4.69) is 15.6 Å². The van der Waals surface area contributed by atoms with Crippen LogP contribution in [0.3, 0.4) is 0 Å². The highest BCUT2D eigenvalue weighted by atomic mass is 16.2. The van der Waals surface area contributed by atoms with Crippen molar-refractivity contribution in [2.24, 2.45) is 5.92 Å². The molecule has 2 heterocycles. The monoisotopic (exact) mass is 380 g/mol. The van der Waals surface area contributed by atoms with Crippen LogP contribution in [0.15, 0.2) is 54.9 Å². The predicted octanol–water partition coefficient (Wildman–Crippen LogP) is 1.88. The molecule has 1 aromatic heterocycles. The molecule has 2 aromatic rings. The molecule has 2 N–H and O–H groups in total. The number of carbonyl (C=O) groups is 2. The molecule has 0 saturated carbocycles. The molecule has 1 saturated heterocycles. The van der Waals surface area contributed by atoms with E-state index in [4.69, 9.17) is 0 Å². The van der Waals surface area contributed by atoms with E-state index in [9.17, 15) is 9.59 Å². The van der Waals surface area contributed by atoms with Gasteiger partial charge in [-0.15, -0.1) is 0 Å². The van der Waals surface area contributed by atoms with Crippen LogP contribution >= 0.6 is 0 Å². The minimum Gasteiger partial charge on any atom is -0.341 e. The normalized spacial score (nSPS) is 17.8. The van der Waals surface area contributed by atoms with Crippen LogP contribution in [0.5, 0.6) is 0 Å². The fourth-order valence-electron chi connectivity index (χ4n) is 3.73. The van der Waals surface area contributed by atoms with E-state index >= 15 is 0 Å². The number of hydrogen-bond acceptors (Lipinski definition) is 4. The number of nitrogens with zero attached hydrogens (tertiary/aromatic N) is 2. The fraction of sp³-hybridized carbons (Fsp3) is 0.409. The smallest absolute Gasteiger partial charge is 0.251 e. The molecule has 2 atom stereocenters. The Kier molecular flexibility index (Phi) is 7.14. The van der Waals surface area contributed by atoms with Crippen LogP contribution in [0.1, 0.15) is 28.8 Å². The standard InChI is InChI=1S/C22H28N4O2/c1-23-14-18-8-6-12-26(16-18)22(28)20(13-17-7-5-11-24-15-17)25-21(27)19-9-3-2-4-10-19/h2-5,7,9-11,15,18,20,23H,6,8,12-14,16H2,1H3,(H,25,27). The SMILES string of the molecule is CNCC1CCCN(C(=O)C(Cc2cccnc2)NC(=O)c2ccccc2)C1. The topological polar surface area (TPSA) is 74.3 Å². The minimum atomic E-state index is -0.606. The highest BCUT2D eigenvalue weighted by Crippen LogP contribution is 2.18. The molecule has 1 fully saturated rings. The Morgan fingerprint density at radius 2 is 2.04 bits per heavy atom.